The average Bonchev–Trinajstić information content (AvgIpc) is 1.93. The van der Waals surface area contributed by atoms with Gasteiger partial charge in [-0.3, -0.25) is 0 Å². The quantitative estimate of drug-likeness (QED) is 0.690. The molecule has 3 heteroatoms. The second kappa shape index (κ2) is 5.12. The van der Waals surface area contributed by atoms with Crippen molar-refractivity contribution in [2.75, 3.05) is 14.1 Å². The number of nitrogens with zero attached hydrogens (tertiary/aromatic N) is 1. The van der Waals surface area contributed by atoms with Crippen LogP contribution in [0, 0.1) is 5.82 Å². The van der Waals surface area contributed by atoms with Crippen LogP contribution in [0.4, 0.5) is 4.39 Å². The Bertz CT molecular complexity index is 220. The standard InChI is InChI=1S/C9H12FN.ClH/c1-11(2)7-8-3-5-9(10)6-4-8;/h3-6H,7H2,1-2H3;1H. The number of benzene rings is 1. The van der Waals surface area contributed by atoms with Gasteiger partial charge in [0.1, 0.15) is 5.82 Å². The maximum absolute atomic E-state index is 12.4. The van der Waals surface area contributed by atoms with E-state index in [0.717, 1.165) is 12.1 Å². The highest BCUT2D eigenvalue weighted by Crippen LogP contribution is 2.03. The molecule has 0 bridgehead atoms. The molecule has 0 spiro atoms. The summed E-state index contributed by atoms with van der Waals surface area (Å²) < 4.78 is 12.4. The lowest BCUT2D eigenvalue weighted by atomic mass is 10.2. The van der Waals surface area contributed by atoms with Crippen molar-refractivity contribution in [1.82, 2.24) is 4.90 Å². The molecular formula is C9H13ClFN. The summed E-state index contributed by atoms with van der Waals surface area (Å²) in [4.78, 5) is 2.05. The molecule has 0 aliphatic rings. The molecule has 0 amide bonds. The van der Waals surface area contributed by atoms with E-state index in [-0.39, 0.29) is 18.2 Å². The van der Waals surface area contributed by atoms with Crippen molar-refractivity contribution in [3.8, 4) is 0 Å². The molecule has 0 radical (unpaired) electrons. The molecule has 0 unspecified atom stereocenters. The SMILES string of the molecule is CN(C)Cc1ccc(F)cc1.Cl. The van der Waals surface area contributed by atoms with E-state index in [1.165, 1.54) is 12.1 Å². The predicted octanol–water partition coefficient (Wildman–Crippen LogP) is 2.31. The van der Waals surface area contributed by atoms with Crippen LogP contribution in [0.3, 0.4) is 0 Å². The van der Waals surface area contributed by atoms with E-state index in [4.69, 9.17) is 0 Å². The Hall–Kier alpha value is -0.600. The lowest BCUT2D eigenvalue weighted by Gasteiger charge is -2.08. The van der Waals surface area contributed by atoms with Crippen LogP contribution in [0.25, 0.3) is 0 Å². The zero-order chi connectivity index (χ0) is 8.27. The molecule has 68 valence electrons. The van der Waals surface area contributed by atoms with E-state index in [1.54, 1.807) is 12.1 Å². The predicted molar refractivity (Wildman–Crippen MR) is 51.0 cm³/mol. The first kappa shape index (κ1) is 11.4. The largest absolute Gasteiger partial charge is 0.305 e. The van der Waals surface area contributed by atoms with E-state index in [1.807, 2.05) is 19.0 Å². The Morgan fingerprint density at radius 3 is 2.08 bits per heavy atom. The third-order valence-electron chi connectivity index (χ3n) is 1.41. The van der Waals surface area contributed by atoms with Crippen LogP contribution in [-0.2, 0) is 6.54 Å². The van der Waals surface area contributed by atoms with E-state index in [2.05, 4.69) is 0 Å². The number of hydrogen-bond donors (Lipinski definition) is 0. The Morgan fingerprint density at radius 2 is 1.67 bits per heavy atom. The summed E-state index contributed by atoms with van der Waals surface area (Å²) in [5.74, 6) is -0.174. The Morgan fingerprint density at radius 1 is 1.17 bits per heavy atom. The molecule has 0 aliphatic heterocycles. The van der Waals surface area contributed by atoms with Crippen LogP contribution in [0.1, 0.15) is 5.56 Å². The summed E-state index contributed by atoms with van der Waals surface area (Å²) in [6.45, 7) is 0.861. The minimum Gasteiger partial charge on any atom is -0.305 e. The van der Waals surface area contributed by atoms with Gasteiger partial charge in [0.15, 0.2) is 0 Å². The summed E-state index contributed by atoms with van der Waals surface area (Å²) in [6.07, 6.45) is 0. The van der Waals surface area contributed by atoms with Gasteiger partial charge in [0.25, 0.3) is 0 Å². The van der Waals surface area contributed by atoms with Crippen LogP contribution < -0.4 is 0 Å². The fourth-order valence-electron chi connectivity index (χ4n) is 0.955. The van der Waals surface area contributed by atoms with Crippen LogP contribution in [-0.4, -0.2) is 19.0 Å². The fourth-order valence-corrected chi connectivity index (χ4v) is 0.955. The maximum atomic E-state index is 12.4. The number of rotatable bonds is 2. The van der Waals surface area contributed by atoms with E-state index >= 15 is 0 Å². The minimum atomic E-state index is -0.174. The molecule has 0 N–H and O–H groups in total. The van der Waals surface area contributed by atoms with Gasteiger partial charge in [0.2, 0.25) is 0 Å². The molecule has 1 nitrogen and oxygen atoms in total. The normalized spacial score (nSPS) is 9.67. The molecule has 1 aromatic rings. The number of halogens is 2. The maximum Gasteiger partial charge on any atom is 0.123 e. The first-order chi connectivity index (χ1) is 5.18. The molecule has 1 rings (SSSR count). The minimum absolute atomic E-state index is 0. The monoisotopic (exact) mass is 189 g/mol. The highest BCUT2D eigenvalue weighted by molar-refractivity contribution is 5.85. The molecule has 0 atom stereocenters. The lowest BCUT2D eigenvalue weighted by Crippen LogP contribution is -2.10. The van der Waals surface area contributed by atoms with Crippen LogP contribution in [0.5, 0.6) is 0 Å². The lowest BCUT2D eigenvalue weighted by molar-refractivity contribution is 0.402. The summed E-state index contributed by atoms with van der Waals surface area (Å²) in [7, 11) is 3.98. The number of hydrogen-bond acceptors (Lipinski definition) is 1. The van der Waals surface area contributed by atoms with Gasteiger partial charge in [0, 0.05) is 6.54 Å². The molecule has 0 aliphatic carbocycles. The third kappa shape index (κ3) is 3.69. The van der Waals surface area contributed by atoms with Gasteiger partial charge in [-0.2, -0.15) is 0 Å². The summed E-state index contributed by atoms with van der Waals surface area (Å²) in [6, 6.07) is 6.57. The first-order valence-electron chi connectivity index (χ1n) is 3.57. The summed E-state index contributed by atoms with van der Waals surface area (Å²) in [5, 5.41) is 0. The third-order valence-corrected chi connectivity index (χ3v) is 1.41. The zero-order valence-electron chi connectivity index (χ0n) is 7.25. The Balaban J connectivity index is 0.00000121. The van der Waals surface area contributed by atoms with Gasteiger partial charge in [-0.1, -0.05) is 12.1 Å². The van der Waals surface area contributed by atoms with Crippen LogP contribution in [0.15, 0.2) is 24.3 Å². The van der Waals surface area contributed by atoms with Gasteiger partial charge in [0.05, 0.1) is 0 Å². The van der Waals surface area contributed by atoms with Gasteiger partial charge >= 0.3 is 0 Å². The molecule has 0 heterocycles. The van der Waals surface area contributed by atoms with Crippen LogP contribution >= 0.6 is 12.4 Å². The molecule has 0 fully saturated rings. The molecular weight excluding hydrogens is 177 g/mol. The van der Waals surface area contributed by atoms with Crippen molar-refractivity contribution in [1.29, 1.82) is 0 Å². The zero-order valence-corrected chi connectivity index (χ0v) is 8.07. The Kier molecular flexibility index (Phi) is 4.86. The van der Waals surface area contributed by atoms with Crippen molar-refractivity contribution in [2.45, 2.75) is 6.54 Å². The molecule has 12 heavy (non-hydrogen) atoms. The first-order valence-corrected chi connectivity index (χ1v) is 3.57. The van der Waals surface area contributed by atoms with E-state index in [9.17, 15) is 4.39 Å². The summed E-state index contributed by atoms with van der Waals surface area (Å²) >= 11 is 0. The van der Waals surface area contributed by atoms with Crippen molar-refractivity contribution >= 4 is 12.4 Å². The second-order valence-corrected chi connectivity index (χ2v) is 2.86. The second-order valence-electron chi connectivity index (χ2n) is 2.86. The van der Waals surface area contributed by atoms with Gasteiger partial charge in [-0.05, 0) is 31.8 Å². The topological polar surface area (TPSA) is 3.24 Å². The van der Waals surface area contributed by atoms with E-state index in [0.29, 0.717) is 0 Å². The molecule has 0 aromatic heterocycles. The molecule has 0 saturated heterocycles. The highest BCUT2D eigenvalue weighted by atomic mass is 35.5. The Labute approximate surface area is 78.6 Å². The highest BCUT2D eigenvalue weighted by Gasteiger charge is 1.94. The van der Waals surface area contributed by atoms with Gasteiger partial charge in [-0.25, -0.2) is 4.39 Å². The van der Waals surface area contributed by atoms with Gasteiger partial charge in [-0.15, -0.1) is 12.4 Å². The average molecular weight is 190 g/mol. The van der Waals surface area contributed by atoms with E-state index < -0.39 is 0 Å². The molecule has 0 saturated carbocycles. The van der Waals surface area contributed by atoms with Gasteiger partial charge < -0.3 is 4.90 Å². The van der Waals surface area contributed by atoms with Crippen molar-refractivity contribution in [3.05, 3.63) is 35.6 Å². The van der Waals surface area contributed by atoms with Crippen molar-refractivity contribution in [3.63, 3.8) is 0 Å². The smallest absolute Gasteiger partial charge is 0.123 e. The fraction of sp³-hybridized carbons (Fsp3) is 0.333. The molecule has 1 aromatic carbocycles. The van der Waals surface area contributed by atoms with Crippen molar-refractivity contribution < 1.29 is 4.39 Å². The van der Waals surface area contributed by atoms with Crippen LogP contribution in [0.2, 0.25) is 0 Å². The van der Waals surface area contributed by atoms with Crippen molar-refractivity contribution in [2.24, 2.45) is 0 Å². The summed E-state index contributed by atoms with van der Waals surface area (Å²) in [5.41, 5.74) is 1.14.